The molecule has 1 amide bonds. The van der Waals surface area contributed by atoms with Gasteiger partial charge in [-0.25, -0.2) is 8.42 Å². The first-order valence-electron chi connectivity index (χ1n) is 9.10. The maximum atomic E-state index is 12.9. The summed E-state index contributed by atoms with van der Waals surface area (Å²) in [4.78, 5) is 14.5. The van der Waals surface area contributed by atoms with Gasteiger partial charge in [0.2, 0.25) is 15.9 Å². The highest BCUT2D eigenvalue weighted by Crippen LogP contribution is 2.20. The van der Waals surface area contributed by atoms with E-state index in [1.165, 1.54) is 0 Å². The molecule has 1 aliphatic rings. The van der Waals surface area contributed by atoms with Crippen molar-refractivity contribution in [1.82, 2.24) is 14.5 Å². The van der Waals surface area contributed by atoms with Crippen LogP contribution in [-0.4, -0.2) is 61.8 Å². The van der Waals surface area contributed by atoms with Crippen molar-refractivity contribution >= 4 is 15.9 Å². The van der Waals surface area contributed by atoms with Crippen LogP contribution in [0.1, 0.15) is 38.3 Å². The SMILES string of the molecule is Cc1ccc(S(=O)(=O)N2CCCN(CC(=O)NC(C)(C)C)CC2)cc1C. The first-order chi connectivity index (χ1) is 12.0. The molecule has 6 nitrogen and oxygen atoms in total. The largest absolute Gasteiger partial charge is 0.350 e. The van der Waals surface area contributed by atoms with Gasteiger partial charge in [0.15, 0.2) is 0 Å². The van der Waals surface area contributed by atoms with Crippen LogP contribution in [0.25, 0.3) is 0 Å². The number of hydrogen-bond acceptors (Lipinski definition) is 4. The number of carbonyl (C=O) groups is 1. The Bertz CT molecular complexity index is 754. The van der Waals surface area contributed by atoms with Crippen LogP contribution in [0.2, 0.25) is 0 Å². The van der Waals surface area contributed by atoms with Crippen LogP contribution in [0, 0.1) is 13.8 Å². The number of nitrogens with zero attached hydrogens (tertiary/aromatic N) is 2. The summed E-state index contributed by atoms with van der Waals surface area (Å²) in [5.74, 6) is -0.0250. The number of benzene rings is 1. The summed E-state index contributed by atoms with van der Waals surface area (Å²) >= 11 is 0. The van der Waals surface area contributed by atoms with Gasteiger partial charge in [0.05, 0.1) is 11.4 Å². The number of amides is 1. The van der Waals surface area contributed by atoms with Gasteiger partial charge in [-0.1, -0.05) is 6.07 Å². The predicted molar refractivity (Wildman–Crippen MR) is 104 cm³/mol. The molecular formula is C19H31N3O3S. The lowest BCUT2D eigenvalue weighted by atomic mass is 10.1. The smallest absolute Gasteiger partial charge is 0.243 e. The van der Waals surface area contributed by atoms with Gasteiger partial charge in [0.25, 0.3) is 0 Å². The van der Waals surface area contributed by atoms with Gasteiger partial charge >= 0.3 is 0 Å². The zero-order chi connectivity index (χ0) is 19.5. The van der Waals surface area contributed by atoms with Crippen molar-refractivity contribution in [2.75, 3.05) is 32.7 Å². The molecule has 0 unspecified atom stereocenters. The van der Waals surface area contributed by atoms with E-state index in [0.717, 1.165) is 17.7 Å². The molecule has 1 aromatic carbocycles. The Hall–Kier alpha value is -1.44. The number of sulfonamides is 1. The van der Waals surface area contributed by atoms with E-state index in [0.29, 0.717) is 37.5 Å². The van der Waals surface area contributed by atoms with E-state index in [2.05, 4.69) is 5.32 Å². The predicted octanol–water partition coefficient (Wildman–Crippen LogP) is 1.91. The summed E-state index contributed by atoms with van der Waals surface area (Å²) < 4.78 is 27.4. The molecule has 0 atom stereocenters. The second-order valence-corrected chi connectivity index (χ2v) is 10.0. The molecule has 26 heavy (non-hydrogen) atoms. The first kappa shape index (κ1) is 20.9. The average Bonchev–Trinajstić information content (AvgIpc) is 2.74. The van der Waals surface area contributed by atoms with Crippen molar-refractivity contribution in [1.29, 1.82) is 0 Å². The molecule has 1 saturated heterocycles. The van der Waals surface area contributed by atoms with Gasteiger partial charge in [0, 0.05) is 25.2 Å². The third-order valence-corrected chi connectivity index (χ3v) is 6.44. The van der Waals surface area contributed by atoms with Crippen molar-refractivity contribution in [2.24, 2.45) is 0 Å². The summed E-state index contributed by atoms with van der Waals surface area (Å²) in [5.41, 5.74) is 1.79. The van der Waals surface area contributed by atoms with Crippen molar-refractivity contribution in [2.45, 2.75) is 51.5 Å². The Morgan fingerprint density at radius 3 is 2.38 bits per heavy atom. The number of hydrogen-bond donors (Lipinski definition) is 1. The topological polar surface area (TPSA) is 69.7 Å². The highest BCUT2D eigenvalue weighted by molar-refractivity contribution is 7.89. The molecule has 0 bridgehead atoms. The van der Waals surface area contributed by atoms with Crippen LogP contribution >= 0.6 is 0 Å². The van der Waals surface area contributed by atoms with E-state index in [9.17, 15) is 13.2 Å². The van der Waals surface area contributed by atoms with Gasteiger partial charge < -0.3 is 5.32 Å². The highest BCUT2D eigenvalue weighted by Gasteiger charge is 2.28. The molecule has 1 heterocycles. The minimum absolute atomic E-state index is 0.0250. The Labute approximate surface area is 157 Å². The summed E-state index contributed by atoms with van der Waals surface area (Å²) in [6, 6.07) is 5.27. The minimum atomic E-state index is -3.50. The van der Waals surface area contributed by atoms with Crippen LogP contribution in [0.3, 0.4) is 0 Å². The molecule has 1 aliphatic heterocycles. The standard InChI is InChI=1S/C19H31N3O3S/c1-15-7-8-17(13-16(15)2)26(24,25)22-10-6-9-21(11-12-22)14-18(23)20-19(3,4)5/h7-8,13H,6,9-12,14H2,1-5H3,(H,20,23). The molecule has 0 saturated carbocycles. The normalized spacial score (nSPS) is 17.7. The lowest BCUT2D eigenvalue weighted by molar-refractivity contribution is -0.123. The maximum absolute atomic E-state index is 12.9. The molecule has 146 valence electrons. The molecular weight excluding hydrogens is 350 g/mol. The second kappa shape index (κ2) is 8.06. The van der Waals surface area contributed by atoms with Gasteiger partial charge in [-0.2, -0.15) is 4.31 Å². The molecule has 1 fully saturated rings. The zero-order valence-corrected chi connectivity index (χ0v) is 17.3. The van der Waals surface area contributed by atoms with E-state index < -0.39 is 10.0 Å². The van der Waals surface area contributed by atoms with Gasteiger partial charge in [0.1, 0.15) is 0 Å². The molecule has 0 radical (unpaired) electrons. The summed E-state index contributed by atoms with van der Waals surface area (Å²) in [7, 11) is -3.50. The Balaban J connectivity index is 2.03. The lowest BCUT2D eigenvalue weighted by Gasteiger charge is -2.25. The monoisotopic (exact) mass is 381 g/mol. The highest BCUT2D eigenvalue weighted by atomic mass is 32.2. The average molecular weight is 382 g/mol. The van der Waals surface area contributed by atoms with E-state index in [-0.39, 0.29) is 11.4 Å². The second-order valence-electron chi connectivity index (χ2n) is 8.08. The van der Waals surface area contributed by atoms with Crippen LogP contribution in [-0.2, 0) is 14.8 Å². The van der Waals surface area contributed by atoms with Crippen molar-refractivity contribution in [3.05, 3.63) is 29.3 Å². The molecule has 0 spiro atoms. The van der Waals surface area contributed by atoms with Crippen LogP contribution < -0.4 is 5.32 Å². The molecule has 2 rings (SSSR count). The number of carbonyl (C=O) groups excluding carboxylic acids is 1. The summed E-state index contributed by atoms with van der Waals surface area (Å²) in [5, 5.41) is 2.95. The number of rotatable bonds is 4. The van der Waals surface area contributed by atoms with Crippen molar-refractivity contribution in [3.63, 3.8) is 0 Å². The van der Waals surface area contributed by atoms with Crippen LogP contribution in [0.15, 0.2) is 23.1 Å². The Kier molecular flexibility index (Phi) is 6.47. The van der Waals surface area contributed by atoms with Crippen molar-refractivity contribution in [3.8, 4) is 0 Å². The lowest BCUT2D eigenvalue weighted by Crippen LogP contribution is -2.46. The molecule has 7 heteroatoms. The van der Waals surface area contributed by atoms with E-state index in [1.807, 2.05) is 45.6 Å². The van der Waals surface area contributed by atoms with Crippen LogP contribution in [0.5, 0.6) is 0 Å². The molecule has 1 N–H and O–H groups in total. The Morgan fingerprint density at radius 2 is 1.77 bits per heavy atom. The maximum Gasteiger partial charge on any atom is 0.243 e. The fraction of sp³-hybridized carbons (Fsp3) is 0.632. The fourth-order valence-corrected chi connectivity index (χ4v) is 4.59. The van der Waals surface area contributed by atoms with E-state index >= 15 is 0 Å². The van der Waals surface area contributed by atoms with E-state index in [1.54, 1.807) is 16.4 Å². The number of nitrogens with one attached hydrogen (secondary N) is 1. The Morgan fingerprint density at radius 1 is 1.08 bits per heavy atom. The molecule has 0 aliphatic carbocycles. The summed E-state index contributed by atoms with van der Waals surface area (Å²) in [6.07, 6.45) is 0.715. The van der Waals surface area contributed by atoms with Gasteiger partial charge in [-0.3, -0.25) is 9.69 Å². The zero-order valence-electron chi connectivity index (χ0n) is 16.5. The fourth-order valence-electron chi connectivity index (χ4n) is 3.03. The van der Waals surface area contributed by atoms with E-state index in [4.69, 9.17) is 0 Å². The van der Waals surface area contributed by atoms with Crippen molar-refractivity contribution < 1.29 is 13.2 Å². The summed E-state index contributed by atoms with van der Waals surface area (Å²) in [6.45, 7) is 12.2. The quantitative estimate of drug-likeness (QED) is 0.865. The van der Waals surface area contributed by atoms with Crippen LogP contribution in [0.4, 0.5) is 0 Å². The third-order valence-electron chi connectivity index (χ3n) is 4.55. The van der Waals surface area contributed by atoms with Gasteiger partial charge in [-0.05, 0) is 70.8 Å². The third kappa shape index (κ3) is 5.53. The molecule has 0 aromatic heterocycles. The number of aryl methyl sites for hydroxylation is 2. The molecule has 1 aromatic rings. The van der Waals surface area contributed by atoms with Gasteiger partial charge in [-0.15, -0.1) is 0 Å². The minimum Gasteiger partial charge on any atom is -0.350 e. The first-order valence-corrected chi connectivity index (χ1v) is 10.5.